The number of hydrogen-bond donors (Lipinski definition) is 2. The lowest BCUT2D eigenvalue weighted by Gasteiger charge is -2.41. The van der Waals surface area contributed by atoms with Gasteiger partial charge in [-0.15, -0.1) is 0 Å². The third kappa shape index (κ3) is 4.77. The number of hydrogen-bond acceptors (Lipinski definition) is 4. The minimum Gasteiger partial charge on any atom is -0.493 e. The molecule has 3 aromatic rings. The van der Waals surface area contributed by atoms with Gasteiger partial charge in [-0.3, -0.25) is 13.9 Å². The van der Waals surface area contributed by atoms with Gasteiger partial charge in [0.05, 0.1) is 12.7 Å². The first-order chi connectivity index (χ1) is 17.6. The van der Waals surface area contributed by atoms with Crippen LogP contribution >= 0.6 is 0 Å². The van der Waals surface area contributed by atoms with Gasteiger partial charge >= 0.3 is 5.69 Å². The normalized spacial score (nSPS) is 21.9. The Hall–Kier alpha value is -3.53. The summed E-state index contributed by atoms with van der Waals surface area (Å²) in [4.78, 5) is 27.7. The number of aromatic nitrogens is 2. The lowest BCUT2D eigenvalue weighted by molar-refractivity contribution is 0.0499. The summed E-state index contributed by atoms with van der Waals surface area (Å²) in [5.41, 5.74) is 7.33. The first-order valence-corrected chi connectivity index (χ1v) is 12.4. The Balaban J connectivity index is 1.28. The van der Waals surface area contributed by atoms with E-state index in [-0.39, 0.29) is 54.0 Å². The van der Waals surface area contributed by atoms with Crippen molar-refractivity contribution < 1.29 is 23.1 Å². The number of aromatic hydroxyl groups is 1. The predicted molar refractivity (Wildman–Crippen MR) is 131 cm³/mol. The van der Waals surface area contributed by atoms with Crippen LogP contribution in [0.15, 0.2) is 47.4 Å². The van der Waals surface area contributed by atoms with Crippen molar-refractivity contribution in [2.75, 3.05) is 0 Å². The van der Waals surface area contributed by atoms with Crippen LogP contribution in [0.2, 0.25) is 0 Å². The number of benzene rings is 2. The SMILES string of the molecule is Cn1cc(O)n(Cc2cccc(C(=O)N3[C@@H]4CC[C@H]3CC([C@H](N)Cc3cc(F)c(F)cc3F)C4)c2)c1=O. The Kier molecular flexibility index (Phi) is 6.61. The number of amides is 1. The fraction of sp³-hybridized carbons (Fsp3) is 0.407. The number of nitrogens with zero attached hydrogens (tertiary/aromatic N) is 3. The highest BCUT2D eigenvalue weighted by molar-refractivity contribution is 5.95. The summed E-state index contributed by atoms with van der Waals surface area (Å²) >= 11 is 0. The van der Waals surface area contributed by atoms with E-state index in [1.165, 1.54) is 15.3 Å². The van der Waals surface area contributed by atoms with Crippen LogP contribution in [0.3, 0.4) is 0 Å². The summed E-state index contributed by atoms with van der Waals surface area (Å²) in [5, 5.41) is 10.0. The number of nitrogens with two attached hydrogens (primary N) is 1. The van der Waals surface area contributed by atoms with E-state index in [1.54, 1.807) is 31.3 Å². The second kappa shape index (κ2) is 9.74. The lowest BCUT2D eigenvalue weighted by atomic mass is 9.82. The molecule has 0 aliphatic carbocycles. The van der Waals surface area contributed by atoms with E-state index in [2.05, 4.69) is 0 Å². The van der Waals surface area contributed by atoms with Crippen molar-refractivity contribution in [3.63, 3.8) is 0 Å². The molecule has 4 atom stereocenters. The number of carbonyl (C=O) groups is 1. The molecule has 0 spiro atoms. The first-order valence-electron chi connectivity index (χ1n) is 12.4. The molecule has 0 radical (unpaired) electrons. The number of aryl methyl sites for hydroxylation is 1. The van der Waals surface area contributed by atoms with Gasteiger partial charge in [0.2, 0.25) is 5.88 Å². The number of rotatable bonds is 6. The number of imidazole rings is 1. The summed E-state index contributed by atoms with van der Waals surface area (Å²) in [6, 6.07) is 7.98. The van der Waals surface area contributed by atoms with E-state index in [0.29, 0.717) is 30.0 Å². The monoisotopic (exact) mass is 514 g/mol. The van der Waals surface area contributed by atoms with Crippen molar-refractivity contribution in [1.82, 2.24) is 14.0 Å². The van der Waals surface area contributed by atoms with Crippen molar-refractivity contribution in [3.8, 4) is 5.88 Å². The topological polar surface area (TPSA) is 93.5 Å². The molecule has 2 bridgehead atoms. The average Bonchev–Trinajstić information content (AvgIpc) is 3.26. The molecule has 196 valence electrons. The lowest BCUT2D eigenvalue weighted by Crippen LogP contribution is -2.50. The summed E-state index contributed by atoms with van der Waals surface area (Å²) in [6.07, 6.45) is 4.42. The van der Waals surface area contributed by atoms with Crippen LogP contribution in [0.1, 0.15) is 47.2 Å². The van der Waals surface area contributed by atoms with Crippen LogP contribution < -0.4 is 11.4 Å². The number of halogens is 3. The third-order valence-electron chi connectivity index (χ3n) is 7.79. The second-order valence-electron chi connectivity index (χ2n) is 10.2. The third-order valence-corrected chi connectivity index (χ3v) is 7.79. The van der Waals surface area contributed by atoms with Crippen LogP contribution in [0.5, 0.6) is 5.88 Å². The zero-order chi connectivity index (χ0) is 26.4. The molecular formula is C27H29F3N4O3. The van der Waals surface area contributed by atoms with Gasteiger partial charge in [0.15, 0.2) is 11.6 Å². The molecule has 2 aliphatic heterocycles. The smallest absolute Gasteiger partial charge is 0.331 e. The van der Waals surface area contributed by atoms with E-state index < -0.39 is 23.5 Å². The summed E-state index contributed by atoms with van der Waals surface area (Å²) in [7, 11) is 1.55. The molecule has 7 nitrogen and oxygen atoms in total. The molecule has 3 heterocycles. The van der Waals surface area contributed by atoms with E-state index in [4.69, 9.17) is 5.73 Å². The van der Waals surface area contributed by atoms with Gasteiger partial charge in [0.25, 0.3) is 5.91 Å². The Morgan fingerprint density at radius 3 is 2.41 bits per heavy atom. The second-order valence-corrected chi connectivity index (χ2v) is 10.2. The maximum Gasteiger partial charge on any atom is 0.331 e. The first kappa shape index (κ1) is 25.1. The fourth-order valence-electron chi connectivity index (χ4n) is 5.91. The molecule has 1 amide bonds. The Morgan fingerprint density at radius 1 is 1.08 bits per heavy atom. The molecule has 37 heavy (non-hydrogen) atoms. The van der Waals surface area contributed by atoms with Crippen molar-refractivity contribution in [2.45, 2.75) is 56.8 Å². The van der Waals surface area contributed by atoms with Crippen LogP contribution in [-0.4, -0.2) is 43.2 Å². The standard InChI is InChI=1S/C27H29F3N4O3/c1-32-14-25(35)33(27(32)37)13-15-3-2-4-16(7-15)26(36)34-19-5-6-20(34)9-18(8-19)24(31)11-17-10-22(29)23(30)12-21(17)28/h2-4,7,10,12,14,18-20,24,35H,5-6,8-9,11,13,31H2,1H3/t18?,19-,20+,24-/m1/s1. The Bertz CT molecular complexity index is 1390. The number of piperidine rings is 1. The van der Waals surface area contributed by atoms with E-state index >= 15 is 0 Å². The van der Waals surface area contributed by atoms with Crippen molar-refractivity contribution in [1.29, 1.82) is 0 Å². The molecular weight excluding hydrogens is 485 g/mol. The molecule has 0 saturated carbocycles. The molecule has 2 saturated heterocycles. The van der Waals surface area contributed by atoms with Gasteiger partial charge in [-0.05, 0) is 67.3 Å². The van der Waals surface area contributed by atoms with Gasteiger partial charge < -0.3 is 15.7 Å². The zero-order valence-electron chi connectivity index (χ0n) is 20.4. The molecule has 2 fully saturated rings. The van der Waals surface area contributed by atoms with Gasteiger partial charge in [-0.2, -0.15) is 0 Å². The highest BCUT2D eigenvalue weighted by Crippen LogP contribution is 2.41. The zero-order valence-corrected chi connectivity index (χ0v) is 20.4. The molecule has 5 rings (SSSR count). The molecule has 2 aromatic carbocycles. The molecule has 1 unspecified atom stereocenters. The molecule has 10 heteroatoms. The molecule has 3 N–H and O–H groups in total. The number of fused-ring (bicyclic) bond motifs is 2. The summed E-state index contributed by atoms with van der Waals surface area (Å²) < 4.78 is 43.6. The van der Waals surface area contributed by atoms with Crippen LogP contribution in [0.4, 0.5) is 13.2 Å². The highest BCUT2D eigenvalue weighted by atomic mass is 19.2. The predicted octanol–water partition coefficient (Wildman–Crippen LogP) is 3.31. The van der Waals surface area contributed by atoms with E-state index in [9.17, 15) is 27.9 Å². The van der Waals surface area contributed by atoms with E-state index in [0.717, 1.165) is 18.9 Å². The Labute approximate surface area is 211 Å². The van der Waals surface area contributed by atoms with Crippen molar-refractivity contribution in [3.05, 3.63) is 87.2 Å². The maximum atomic E-state index is 14.1. The molecule has 2 aliphatic rings. The average molecular weight is 515 g/mol. The number of carbonyl (C=O) groups excluding carboxylic acids is 1. The fourth-order valence-corrected chi connectivity index (χ4v) is 5.91. The molecule has 1 aromatic heterocycles. The Morgan fingerprint density at radius 2 is 1.76 bits per heavy atom. The summed E-state index contributed by atoms with van der Waals surface area (Å²) in [5.74, 6) is -3.36. The van der Waals surface area contributed by atoms with Crippen molar-refractivity contribution >= 4 is 5.91 Å². The minimum atomic E-state index is -1.23. The largest absolute Gasteiger partial charge is 0.493 e. The van der Waals surface area contributed by atoms with Gasteiger partial charge in [0, 0.05) is 36.8 Å². The van der Waals surface area contributed by atoms with Crippen LogP contribution in [0.25, 0.3) is 0 Å². The quantitative estimate of drug-likeness (QED) is 0.494. The van der Waals surface area contributed by atoms with Crippen LogP contribution in [0, 0.1) is 23.4 Å². The van der Waals surface area contributed by atoms with Gasteiger partial charge in [-0.1, -0.05) is 12.1 Å². The van der Waals surface area contributed by atoms with Crippen molar-refractivity contribution in [2.24, 2.45) is 18.7 Å². The van der Waals surface area contributed by atoms with E-state index in [1.807, 2.05) is 4.90 Å². The van der Waals surface area contributed by atoms with Gasteiger partial charge in [-0.25, -0.2) is 18.0 Å². The highest BCUT2D eigenvalue weighted by Gasteiger charge is 2.44. The minimum absolute atomic E-state index is 0.0125. The summed E-state index contributed by atoms with van der Waals surface area (Å²) in [6.45, 7) is 0.136. The maximum absolute atomic E-state index is 14.1. The van der Waals surface area contributed by atoms with Gasteiger partial charge in [0.1, 0.15) is 5.82 Å². The van der Waals surface area contributed by atoms with Crippen LogP contribution in [-0.2, 0) is 20.0 Å².